The zero-order valence-electron chi connectivity index (χ0n) is 15.4. The first-order chi connectivity index (χ1) is 13.6. The summed E-state index contributed by atoms with van der Waals surface area (Å²) >= 11 is 0. The van der Waals surface area contributed by atoms with E-state index in [0.29, 0.717) is 24.3 Å². The van der Waals surface area contributed by atoms with Gasteiger partial charge in [-0.25, -0.2) is 4.39 Å². The Labute approximate surface area is 162 Å². The van der Waals surface area contributed by atoms with Crippen LogP contribution in [0.1, 0.15) is 46.9 Å². The van der Waals surface area contributed by atoms with Crippen molar-refractivity contribution in [3.8, 4) is 0 Å². The fourth-order valence-corrected chi connectivity index (χ4v) is 3.76. The van der Waals surface area contributed by atoms with E-state index in [1.54, 1.807) is 35.4 Å². The smallest absolute Gasteiger partial charge is 0.256 e. The van der Waals surface area contributed by atoms with Crippen LogP contribution in [-0.2, 0) is 16.1 Å². The summed E-state index contributed by atoms with van der Waals surface area (Å²) < 4.78 is 18.7. The maximum atomic E-state index is 13.2. The highest BCUT2D eigenvalue weighted by Crippen LogP contribution is 2.35. The maximum absolute atomic E-state index is 13.2. The Bertz CT molecular complexity index is 865. The number of hydrogen-bond donors (Lipinski definition) is 1. The SMILES string of the molecule is O=C(C[C@H]1c2ncccc2C(=O)N1Cc1ccc(F)cc1)NC[C@@H]1CCCO1. The summed E-state index contributed by atoms with van der Waals surface area (Å²) in [5, 5.41) is 2.91. The van der Waals surface area contributed by atoms with Gasteiger partial charge < -0.3 is 15.0 Å². The fourth-order valence-electron chi connectivity index (χ4n) is 3.76. The number of nitrogens with one attached hydrogen (secondary N) is 1. The molecule has 4 rings (SSSR count). The van der Waals surface area contributed by atoms with Gasteiger partial charge in [0.05, 0.1) is 29.8 Å². The van der Waals surface area contributed by atoms with Crippen molar-refractivity contribution in [3.05, 3.63) is 65.2 Å². The number of aromatic nitrogens is 1. The molecular formula is C21H22FN3O3. The molecule has 0 bridgehead atoms. The summed E-state index contributed by atoms with van der Waals surface area (Å²) in [4.78, 5) is 31.4. The minimum absolute atomic E-state index is 0.0647. The van der Waals surface area contributed by atoms with Crippen molar-refractivity contribution in [3.63, 3.8) is 0 Å². The lowest BCUT2D eigenvalue weighted by molar-refractivity contribution is -0.122. The third-order valence-electron chi connectivity index (χ3n) is 5.22. The Morgan fingerprint density at radius 2 is 2.11 bits per heavy atom. The van der Waals surface area contributed by atoms with E-state index >= 15 is 0 Å². The van der Waals surface area contributed by atoms with Crippen LogP contribution in [0.25, 0.3) is 0 Å². The van der Waals surface area contributed by atoms with Gasteiger partial charge in [-0.15, -0.1) is 0 Å². The molecule has 2 atom stereocenters. The predicted octanol–water partition coefficient (Wildman–Crippen LogP) is 2.60. The molecule has 0 aliphatic carbocycles. The van der Waals surface area contributed by atoms with Crippen LogP contribution in [0.2, 0.25) is 0 Å². The van der Waals surface area contributed by atoms with E-state index in [4.69, 9.17) is 4.74 Å². The molecule has 2 aromatic rings. The van der Waals surface area contributed by atoms with Crippen LogP contribution in [0.4, 0.5) is 4.39 Å². The molecule has 1 fully saturated rings. The van der Waals surface area contributed by atoms with Gasteiger partial charge in [0.15, 0.2) is 0 Å². The number of nitrogens with zero attached hydrogens (tertiary/aromatic N) is 2. The maximum Gasteiger partial charge on any atom is 0.256 e. The average Bonchev–Trinajstić information content (AvgIpc) is 3.31. The average molecular weight is 383 g/mol. The van der Waals surface area contributed by atoms with Crippen molar-refractivity contribution in [1.29, 1.82) is 0 Å². The molecule has 28 heavy (non-hydrogen) atoms. The van der Waals surface area contributed by atoms with Crippen LogP contribution in [0, 0.1) is 5.82 Å². The Morgan fingerprint density at radius 1 is 1.29 bits per heavy atom. The molecule has 0 spiro atoms. The lowest BCUT2D eigenvalue weighted by Crippen LogP contribution is -2.35. The van der Waals surface area contributed by atoms with Gasteiger partial charge in [0.25, 0.3) is 5.91 Å². The Hall–Kier alpha value is -2.80. The second-order valence-electron chi connectivity index (χ2n) is 7.15. The third kappa shape index (κ3) is 3.89. The van der Waals surface area contributed by atoms with Crippen LogP contribution in [0.5, 0.6) is 0 Å². The second kappa shape index (κ2) is 8.06. The second-order valence-corrected chi connectivity index (χ2v) is 7.15. The third-order valence-corrected chi connectivity index (χ3v) is 5.22. The molecule has 3 heterocycles. The summed E-state index contributed by atoms with van der Waals surface area (Å²) in [6, 6.07) is 9.02. The molecule has 2 aliphatic rings. The first-order valence-electron chi connectivity index (χ1n) is 9.50. The predicted molar refractivity (Wildman–Crippen MR) is 99.9 cm³/mol. The van der Waals surface area contributed by atoms with Crippen LogP contribution in [0.15, 0.2) is 42.6 Å². The highest BCUT2D eigenvalue weighted by Gasteiger charge is 2.38. The van der Waals surface area contributed by atoms with Crippen molar-refractivity contribution in [1.82, 2.24) is 15.2 Å². The van der Waals surface area contributed by atoms with E-state index in [-0.39, 0.29) is 30.2 Å². The molecular weight excluding hydrogens is 361 g/mol. The summed E-state index contributed by atoms with van der Waals surface area (Å²) in [5.41, 5.74) is 1.93. The molecule has 2 aliphatic heterocycles. The van der Waals surface area contributed by atoms with Gasteiger partial charge in [-0.1, -0.05) is 12.1 Å². The van der Waals surface area contributed by atoms with E-state index in [2.05, 4.69) is 10.3 Å². The highest BCUT2D eigenvalue weighted by molar-refractivity contribution is 5.99. The molecule has 0 saturated carbocycles. The summed E-state index contributed by atoms with van der Waals surface area (Å²) in [5.74, 6) is -0.633. The number of carbonyl (C=O) groups is 2. The van der Waals surface area contributed by atoms with Gasteiger partial charge in [0.1, 0.15) is 5.82 Å². The van der Waals surface area contributed by atoms with Crippen molar-refractivity contribution >= 4 is 11.8 Å². The van der Waals surface area contributed by atoms with Gasteiger partial charge in [-0.05, 0) is 42.7 Å². The lowest BCUT2D eigenvalue weighted by atomic mass is 10.1. The van der Waals surface area contributed by atoms with Gasteiger partial charge in [0.2, 0.25) is 5.91 Å². The lowest BCUT2D eigenvalue weighted by Gasteiger charge is -2.25. The fraction of sp³-hybridized carbons (Fsp3) is 0.381. The number of ether oxygens (including phenoxy) is 1. The minimum Gasteiger partial charge on any atom is -0.376 e. The van der Waals surface area contributed by atoms with Crippen LogP contribution < -0.4 is 5.32 Å². The summed E-state index contributed by atoms with van der Waals surface area (Å²) in [6.45, 7) is 1.51. The van der Waals surface area contributed by atoms with E-state index < -0.39 is 6.04 Å². The number of amides is 2. The number of halogens is 1. The van der Waals surface area contributed by atoms with Crippen LogP contribution >= 0.6 is 0 Å². The number of carbonyl (C=O) groups excluding carboxylic acids is 2. The van der Waals surface area contributed by atoms with E-state index in [9.17, 15) is 14.0 Å². The summed E-state index contributed by atoms with van der Waals surface area (Å²) in [6.07, 6.45) is 3.79. The number of hydrogen-bond acceptors (Lipinski definition) is 4. The van der Waals surface area contributed by atoms with Crippen molar-refractivity contribution in [2.75, 3.05) is 13.2 Å². The van der Waals surface area contributed by atoms with E-state index in [0.717, 1.165) is 25.0 Å². The van der Waals surface area contributed by atoms with Gasteiger partial charge in [-0.3, -0.25) is 14.6 Å². The Kier molecular flexibility index (Phi) is 5.34. The molecule has 0 radical (unpaired) electrons. The molecule has 1 N–H and O–H groups in total. The standard InChI is InChI=1S/C21H22FN3O3/c22-15-7-5-14(6-8-15)13-25-18(20-17(21(25)27)4-1-9-23-20)11-19(26)24-12-16-3-2-10-28-16/h1,4-9,16,18H,2-3,10-13H2,(H,24,26)/t16-,18-/m0/s1. The molecule has 146 valence electrons. The molecule has 0 unspecified atom stereocenters. The molecule has 1 aromatic heterocycles. The van der Waals surface area contributed by atoms with Gasteiger partial charge in [0, 0.05) is 25.9 Å². The van der Waals surface area contributed by atoms with Gasteiger partial charge >= 0.3 is 0 Å². The van der Waals surface area contributed by atoms with Crippen molar-refractivity contribution in [2.45, 2.75) is 38.0 Å². The minimum atomic E-state index is -0.446. The topological polar surface area (TPSA) is 71.5 Å². The number of pyridine rings is 1. The zero-order chi connectivity index (χ0) is 19.5. The monoisotopic (exact) mass is 383 g/mol. The van der Waals surface area contributed by atoms with Crippen LogP contribution in [0.3, 0.4) is 0 Å². The normalized spacial score (nSPS) is 21.0. The number of rotatable bonds is 6. The van der Waals surface area contributed by atoms with E-state index in [1.165, 1.54) is 12.1 Å². The number of benzene rings is 1. The first kappa shape index (κ1) is 18.6. The quantitative estimate of drug-likeness (QED) is 0.832. The zero-order valence-corrected chi connectivity index (χ0v) is 15.4. The van der Waals surface area contributed by atoms with Crippen molar-refractivity contribution < 1.29 is 18.7 Å². The first-order valence-corrected chi connectivity index (χ1v) is 9.50. The van der Waals surface area contributed by atoms with Crippen LogP contribution in [-0.4, -0.2) is 41.0 Å². The Morgan fingerprint density at radius 3 is 2.86 bits per heavy atom. The van der Waals surface area contributed by atoms with Crippen molar-refractivity contribution in [2.24, 2.45) is 0 Å². The Balaban J connectivity index is 1.49. The number of fused-ring (bicyclic) bond motifs is 1. The molecule has 7 heteroatoms. The highest BCUT2D eigenvalue weighted by atomic mass is 19.1. The molecule has 1 saturated heterocycles. The molecule has 6 nitrogen and oxygen atoms in total. The van der Waals surface area contributed by atoms with Gasteiger partial charge in [-0.2, -0.15) is 0 Å². The molecule has 2 amide bonds. The largest absolute Gasteiger partial charge is 0.376 e. The molecule has 1 aromatic carbocycles. The summed E-state index contributed by atoms with van der Waals surface area (Å²) in [7, 11) is 0. The van der Waals surface area contributed by atoms with E-state index in [1.807, 2.05) is 0 Å².